The summed E-state index contributed by atoms with van der Waals surface area (Å²) in [5.74, 6) is -0.382. The van der Waals surface area contributed by atoms with Crippen molar-refractivity contribution in [3.63, 3.8) is 0 Å². The van der Waals surface area contributed by atoms with E-state index in [1.54, 1.807) is 56.6 Å². The van der Waals surface area contributed by atoms with Crippen LogP contribution in [0, 0.1) is 0 Å². The van der Waals surface area contributed by atoms with E-state index >= 15 is 0 Å². The fourth-order valence-corrected chi connectivity index (χ4v) is 2.04. The van der Waals surface area contributed by atoms with E-state index in [0.29, 0.717) is 16.3 Å². The van der Waals surface area contributed by atoms with Crippen LogP contribution < -0.4 is 5.32 Å². The van der Waals surface area contributed by atoms with Gasteiger partial charge in [-0.2, -0.15) is 0 Å². The Morgan fingerprint density at radius 1 is 1.09 bits per heavy atom. The lowest BCUT2D eigenvalue weighted by Gasteiger charge is -2.11. The van der Waals surface area contributed by atoms with E-state index in [-0.39, 0.29) is 11.8 Å². The van der Waals surface area contributed by atoms with E-state index in [0.717, 1.165) is 5.56 Å². The first-order valence-corrected chi connectivity index (χ1v) is 7.40. The topological polar surface area (TPSA) is 49.4 Å². The lowest BCUT2D eigenvalue weighted by molar-refractivity contribution is -0.111. The van der Waals surface area contributed by atoms with Gasteiger partial charge in [-0.15, -0.1) is 0 Å². The molecule has 0 aromatic heterocycles. The molecule has 5 heteroatoms. The number of hydrogen-bond donors (Lipinski definition) is 1. The van der Waals surface area contributed by atoms with E-state index in [1.807, 2.05) is 12.1 Å². The first-order valence-electron chi connectivity index (χ1n) is 7.02. The summed E-state index contributed by atoms with van der Waals surface area (Å²) >= 11 is 5.81. The van der Waals surface area contributed by atoms with Gasteiger partial charge in [-0.3, -0.25) is 9.59 Å². The van der Waals surface area contributed by atoms with Gasteiger partial charge in [0, 0.05) is 36.4 Å². The van der Waals surface area contributed by atoms with Crippen LogP contribution in [0.1, 0.15) is 15.9 Å². The Morgan fingerprint density at radius 3 is 2.43 bits per heavy atom. The summed E-state index contributed by atoms with van der Waals surface area (Å²) in [5, 5.41) is 3.38. The molecule has 4 nitrogen and oxygen atoms in total. The average Bonchev–Trinajstić information content (AvgIpc) is 2.53. The lowest BCUT2D eigenvalue weighted by Crippen LogP contribution is -2.21. The molecule has 2 amide bonds. The summed E-state index contributed by atoms with van der Waals surface area (Å²) in [4.78, 5) is 25.3. The third-order valence-corrected chi connectivity index (χ3v) is 3.33. The van der Waals surface area contributed by atoms with Crippen LogP contribution in [-0.4, -0.2) is 30.8 Å². The summed E-state index contributed by atoms with van der Waals surface area (Å²) in [6.07, 6.45) is 3.13. The van der Waals surface area contributed by atoms with Gasteiger partial charge in [0.1, 0.15) is 0 Å². The molecule has 0 fully saturated rings. The van der Waals surface area contributed by atoms with E-state index in [2.05, 4.69) is 5.32 Å². The molecular weight excluding hydrogens is 312 g/mol. The van der Waals surface area contributed by atoms with E-state index in [9.17, 15) is 9.59 Å². The molecular formula is C18H17ClN2O2. The summed E-state index contributed by atoms with van der Waals surface area (Å²) < 4.78 is 0. The molecule has 23 heavy (non-hydrogen) atoms. The highest BCUT2D eigenvalue weighted by atomic mass is 35.5. The van der Waals surface area contributed by atoms with Crippen LogP contribution in [0.25, 0.3) is 6.08 Å². The average molecular weight is 329 g/mol. The van der Waals surface area contributed by atoms with Crippen molar-refractivity contribution < 1.29 is 9.59 Å². The highest BCUT2D eigenvalue weighted by Gasteiger charge is 2.08. The van der Waals surface area contributed by atoms with Gasteiger partial charge < -0.3 is 10.2 Å². The zero-order chi connectivity index (χ0) is 16.8. The van der Waals surface area contributed by atoms with Gasteiger partial charge in [-0.05, 0) is 42.0 Å². The Hall–Kier alpha value is -2.59. The van der Waals surface area contributed by atoms with Gasteiger partial charge in [0.05, 0.1) is 0 Å². The van der Waals surface area contributed by atoms with E-state index in [1.165, 1.54) is 11.0 Å². The Kier molecular flexibility index (Phi) is 5.55. The highest BCUT2D eigenvalue weighted by Crippen LogP contribution is 2.13. The van der Waals surface area contributed by atoms with Crippen LogP contribution in [0.2, 0.25) is 5.02 Å². The van der Waals surface area contributed by atoms with Gasteiger partial charge in [-0.25, -0.2) is 0 Å². The number of carbonyl (C=O) groups excluding carboxylic acids is 2. The molecule has 0 saturated heterocycles. The minimum atomic E-state index is -0.269. The second-order valence-electron chi connectivity index (χ2n) is 5.15. The normalized spacial score (nSPS) is 10.6. The molecule has 0 spiro atoms. The van der Waals surface area contributed by atoms with Crippen molar-refractivity contribution in [2.75, 3.05) is 19.4 Å². The van der Waals surface area contributed by atoms with Gasteiger partial charge >= 0.3 is 0 Å². The Morgan fingerprint density at radius 2 is 1.78 bits per heavy atom. The molecule has 0 aliphatic rings. The smallest absolute Gasteiger partial charge is 0.253 e. The molecule has 0 radical (unpaired) electrons. The number of nitrogens with one attached hydrogen (secondary N) is 1. The first-order chi connectivity index (χ1) is 11.0. The van der Waals surface area contributed by atoms with Crippen LogP contribution in [0.5, 0.6) is 0 Å². The Bertz CT molecular complexity index is 737. The summed E-state index contributed by atoms with van der Waals surface area (Å²) in [5.41, 5.74) is 1.97. The van der Waals surface area contributed by atoms with Crippen molar-refractivity contribution in [3.05, 3.63) is 70.8 Å². The van der Waals surface area contributed by atoms with Crippen LogP contribution in [0.3, 0.4) is 0 Å². The fraction of sp³-hybridized carbons (Fsp3) is 0.111. The Labute approximate surface area is 140 Å². The van der Waals surface area contributed by atoms with Gasteiger partial charge in [0.15, 0.2) is 0 Å². The van der Waals surface area contributed by atoms with Crippen LogP contribution >= 0.6 is 11.6 Å². The zero-order valence-electron chi connectivity index (χ0n) is 12.9. The first kappa shape index (κ1) is 16.8. The van der Waals surface area contributed by atoms with Crippen molar-refractivity contribution in [2.24, 2.45) is 0 Å². The minimum absolute atomic E-state index is 0.113. The second kappa shape index (κ2) is 7.61. The maximum Gasteiger partial charge on any atom is 0.253 e. The van der Waals surface area contributed by atoms with Crippen molar-refractivity contribution in [1.29, 1.82) is 0 Å². The monoisotopic (exact) mass is 328 g/mol. The highest BCUT2D eigenvalue weighted by molar-refractivity contribution is 6.30. The predicted molar refractivity (Wildman–Crippen MR) is 93.6 cm³/mol. The SMILES string of the molecule is CN(C)C(=O)c1cccc(NC(=O)/C=C/c2ccc(Cl)cc2)c1. The maximum atomic E-state index is 11.9. The van der Waals surface area contributed by atoms with Crippen molar-refractivity contribution in [1.82, 2.24) is 4.90 Å². The van der Waals surface area contributed by atoms with Crippen LogP contribution in [0.4, 0.5) is 5.69 Å². The molecule has 0 aliphatic carbocycles. The summed E-state index contributed by atoms with van der Waals surface area (Å²) in [7, 11) is 3.37. The number of rotatable bonds is 4. The molecule has 0 heterocycles. The number of benzene rings is 2. The third-order valence-electron chi connectivity index (χ3n) is 3.08. The molecule has 0 unspecified atom stereocenters. The van der Waals surface area contributed by atoms with Gasteiger partial charge in [0.2, 0.25) is 5.91 Å². The molecule has 118 valence electrons. The van der Waals surface area contributed by atoms with Gasteiger partial charge in [-0.1, -0.05) is 29.8 Å². The summed E-state index contributed by atoms with van der Waals surface area (Å²) in [6.45, 7) is 0. The maximum absolute atomic E-state index is 11.9. The molecule has 2 aromatic rings. The van der Waals surface area contributed by atoms with Crippen LogP contribution in [0.15, 0.2) is 54.6 Å². The summed E-state index contributed by atoms with van der Waals surface area (Å²) in [6, 6.07) is 14.0. The zero-order valence-corrected chi connectivity index (χ0v) is 13.7. The number of nitrogens with zero attached hydrogens (tertiary/aromatic N) is 1. The second-order valence-corrected chi connectivity index (χ2v) is 5.59. The predicted octanol–water partition coefficient (Wildman–Crippen LogP) is 3.69. The number of amides is 2. The Balaban J connectivity index is 2.04. The van der Waals surface area contributed by atoms with E-state index in [4.69, 9.17) is 11.6 Å². The minimum Gasteiger partial charge on any atom is -0.345 e. The van der Waals surface area contributed by atoms with Crippen molar-refractivity contribution in [2.45, 2.75) is 0 Å². The number of carbonyl (C=O) groups is 2. The van der Waals surface area contributed by atoms with Crippen molar-refractivity contribution in [3.8, 4) is 0 Å². The molecule has 2 rings (SSSR count). The third kappa shape index (κ3) is 4.97. The fourth-order valence-electron chi connectivity index (χ4n) is 1.92. The quantitative estimate of drug-likeness (QED) is 0.870. The molecule has 0 saturated carbocycles. The van der Waals surface area contributed by atoms with Crippen molar-refractivity contribution >= 4 is 35.2 Å². The van der Waals surface area contributed by atoms with Crippen LogP contribution in [-0.2, 0) is 4.79 Å². The molecule has 1 N–H and O–H groups in total. The van der Waals surface area contributed by atoms with Gasteiger partial charge in [0.25, 0.3) is 5.91 Å². The molecule has 0 bridgehead atoms. The standard InChI is InChI=1S/C18H17ClN2O2/c1-21(2)18(23)14-4-3-5-16(12-14)20-17(22)11-8-13-6-9-15(19)10-7-13/h3-12H,1-2H3,(H,20,22)/b11-8+. The largest absolute Gasteiger partial charge is 0.345 e. The van der Waals surface area contributed by atoms with E-state index < -0.39 is 0 Å². The molecule has 0 aliphatic heterocycles. The molecule has 0 atom stereocenters. The lowest BCUT2D eigenvalue weighted by atomic mass is 10.1. The number of hydrogen-bond acceptors (Lipinski definition) is 2. The number of anilines is 1. The molecule has 2 aromatic carbocycles. The number of halogens is 1.